The summed E-state index contributed by atoms with van der Waals surface area (Å²) >= 11 is 0. The van der Waals surface area contributed by atoms with E-state index in [1.807, 2.05) is 4.90 Å². The highest BCUT2D eigenvalue weighted by Crippen LogP contribution is 2.07. The van der Waals surface area contributed by atoms with Crippen molar-refractivity contribution in [1.29, 1.82) is 0 Å². The van der Waals surface area contributed by atoms with Crippen LogP contribution in [0.3, 0.4) is 0 Å². The number of carbonyl (C=O) groups is 1. The Morgan fingerprint density at radius 1 is 1.37 bits per heavy atom. The quantitative estimate of drug-likeness (QED) is 0.600. The van der Waals surface area contributed by atoms with Crippen LogP contribution >= 0.6 is 0 Å². The lowest BCUT2D eigenvalue weighted by Crippen LogP contribution is -2.42. The fourth-order valence-corrected chi connectivity index (χ4v) is 1.74. The normalized spacial score (nSPS) is 16.6. The molecule has 0 bridgehead atoms. The van der Waals surface area contributed by atoms with Crippen LogP contribution in [-0.2, 0) is 9.53 Å². The minimum atomic E-state index is -0.142. The van der Waals surface area contributed by atoms with Crippen molar-refractivity contribution >= 4 is 12.1 Å². The second-order valence-electron chi connectivity index (χ2n) is 4.27. The Morgan fingerprint density at radius 2 is 2.05 bits per heavy atom. The van der Waals surface area contributed by atoms with Gasteiger partial charge in [-0.05, 0) is 29.8 Å². The van der Waals surface area contributed by atoms with Crippen LogP contribution in [0.15, 0.2) is 29.4 Å². The van der Waals surface area contributed by atoms with E-state index in [9.17, 15) is 4.79 Å². The Bertz CT molecular complexity index is 439. The summed E-state index contributed by atoms with van der Waals surface area (Å²) in [4.78, 5) is 13.6. The van der Waals surface area contributed by atoms with E-state index in [2.05, 4.69) is 10.5 Å². The highest BCUT2D eigenvalue weighted by atomic mass is 16.5. The predicted octanol–water partition coefficient (Wildman–Crippen LogP) is 0.175. The third kappa shape index (κ3) is 4.69. The number of morpholine rings is 1. The maximum atomic E-state index is 11.6. The summed E-state index contributed by atoms with van der Waals surface area (Å²) in [5, 5.41) is 13.0. The predicted molar refractivity (Wildman–Crippen MR) is 71.1 cm³/mol. The van der Waals surface area contributed by atoms with Gasteiger partial charge in [0.25, 0.3) is 5.91 Å². The molecule has 1 heterocycles. The molecule has 1 amide bonds. The van der Waals surface area contributed by atoms with Gasteiger partial charge in [-0.1, -0.05) is 0 Å². The number of phenolic OH excluding ortho intramolecular Hbond substituents is 1. The van der Waals surface area contributed by atoms with Crippen LogP contribution in [0.5, 0.6) is 5.75 Å². The SMILES string of the molecule is O=C(CN1CCOCC1)N/N=C/c1ccc(O)cc1. The van der Waals surface area contributed by atoms with Gasteiger partial charge in [-0.2, -0.15) is 5.10 Å². The average molecular weight is 263 g/mol. The molecule has 0 unspecified atom stereocenters. The molecule has 1 aromatic carbocycles. The first kappa shape index (κ1) is 13.5. The number of phenols is 1. The Kier molecular flexibility index (Phi) is 4.88. The van der Waals surface area contributed by atoms with E-state index in [1.165, 1.54) is 6.21 Å². The fourth-order valence-electron chi connectivity index (χ4n) is 1.74. The monoisotopic (exact) mass is 263 g/mol. The largest absolute Gasteiger partial charge is 0.508 e. The first-order valence-corrected chi connectivity index (χ1v) is 6.15. The van der Waals surface area contributed by atoms with Gasteiger partial charge in [0.1, 0.15) is 5.75 Å². The molecule has 0 aromatic heterocycles. The van der Waals surface area contributed by atoms with Crippen LogP contribution in [0, 0.1) is 0 Å². The molecule has 1 aromatic rings. The summed E-state index contributed by atoms with van der Waals surface area (Å²) in [5.41, 5.74) is 3.29. The lowest BCUT2D eigenvalue weighted by Gasteiger charge is -2.25. The van der Waals surface area contributed by atoms with Gasteiger partial charge in [-0.15, -0.1) is 0 Å². The number of aromatic hydroxyl groups is 1. The first-order valence-electron chi connectivity index (χ1n) is 6.15. The van der Waals surface area contributed by atoms with Gasteiger partial charge in [0, 0.05) is 13.1 Å². The van der Waals surface area contributed by atoms with Gasteiger partial charge in [-0.3, -0.25) is 9.69 Å². The van der Waals surface area contributed by atoms with Crippen molar-refractivity contribution in [3.05, 3.63) is 29.8 Å². The Morgan fingerprint density at radius 3 is 2.74 bits per heavy atom. The number of benzene rings is 1. The van der Waals surface area contributed by atoms with Gasteiger partial charge in [0.05, 0.1) is 26.0 Å². The molecular weight excluding hydrogens is 246 g/mol. The third-order valence-corrected chi connectivity index (χ3v) is 2.77. The number of ether oxygens (including phenoxy) is 1. The summed E-state index contributed by atoms with van der Waals surface area (Å²) in [6.45, 7) is 3.22. The van der Waals surface area contributed by atoms with Crippen molar-refractivity contribution in [2.24, 2.45) is 5.10 Å². The number of nitrogens with one attached hydrogen (secondary N) is 1. The lowest BCUT2D eigenvalue weighted by molar-refractivity contribution is -0.123. The number of carbonyl (C=O) groups excluding carboxylic acids is 1. The standard InChI is InChI=1S/C13H17N3O3/c17-12-3-1-11(2-4-12)9-14-15-13(18)10-16-5-7-19-8-6-16/h1-4,9,17H,5-8,10H2,(H,15,18)/b14-9+. The molecule has 0 spiro atoms. The fraction of sp³-hybridized carbons (Fsp3) is 0.385. The number of amides is 1. The second-order valence-corrected chi connectivity index (χ2v) is 4.27. The Labute approximate surface area is 111 Å². The highest BCUT2D eigenvalue weighted by molar-refractivity contribution is 5.83. The molecule has 2 rings (SSSR count). The molecule has 0 radical (unpaired) electrons. The van der Waals surface area contributed by atoms with E-state index in [-0.39, 0.29) is 11.7 Å². The molecular formula is C13H17N3O3. The number of nitrogens with zero attached hydrogens (tertiary/aromatic N) is 2. The van der Waals surface area contributed by atoms with E-state index in [0.717, 1.165) is 18.7 Å². The molecule has 0 saturated carbocycles. The lowest BCUT2D eigenvalue weighted by atomic mass is 10.2. The molecule has 102 valence electrons. The van der Waals surface area contributed by atoms with E-state index >= 15 is 0 Å². The van der Waals surface area contributed by atoms with Crippen molar-refractivity contribution in [3.8, 4) is 5.75 Å². The molecule has 1 aliphatic rings. The van der Waals surface area contributed by atoms with E-state index in [4.69, 9.17) is 9.84 Å². The van der Waals surface area contributed by atoms with E-state index < -0.39 is 0 Å². The summed E-state index contributed by atoms with van der Waals surface area (Å²) in [6.07, 6.45) is 1.54. The van der Waals surface area contributed by atoms with Crippen LogP contribution in [0.1, 0.15) is 5.56 Å². The number of hydrazone groups is 1. The van der Waals surface area contributed by atoms with Gasteiger partial charge < -0.3 is 9.84 Å². The van der Waals surface area contributed by atoms with Crippen LogP contribution < -0.4 is 5.43 Å². The third-order valence-electron chi connectivity index (χ3n) is 2.77. The second kappa shape index (κ2) is 6.86. The van der Waals surface area contributed by atoms with E-state index in [0.29, 0.717) is 19.8 Å². The summed E-state index contributed by atoms with van der Waals surface area (Å²) < 4.78 is 5.21. The van der Waals surface area contributed by atoms with Crippen molar-refractivity contribution in [2.45, 2.75) is 0 Å². The highest BCUT2D eigenvalue weighted by Gasteiger charge is 2.13. The van der Waals surface area contributed by atoms with Crippen LogP contribution in [0.4, 0.5) is 0 Å². The summed E-state index contributed by atoms with van der Waals surface area (Å²) in [7, 11) is 0. The summed E-state index contributed by atoms with van der Waals surface area (Å²) in [6, 6.07) is 6.56. The maximum Gasteiger partial charge on any atom is 0.254 e. The van der Waals surface area contributed by atoms with E-state index in [1.54, 1.807) is 24.3 Å². The van der Waals surface area contributed by atoms with Gasteiger partial charge in [-0.25, -0.2) is 5.43 Å². The van der Waals surface area contributed by atoms with Gasteiger partial charge >= 0.3 is 0 Å². The zero-order valence-corrected chi connectivity index (χ0v) is 10.6. The number of hydrogen-bond donors (Lipinski definition) is 2. The average Bonchev–Trinajstić information content (AvgIpc) is 2.42. The maximum absolute atomic E-state index is 11.6. The zero-order chi connectivity index (χ0) is 13.5. The number of hydrogen-bond acceptors (Lipinski definition) is 5. The Hall–Kier alpha value is -1.92. The smallest absolute Gasteiger partial charge is 0.254 e. The van der Waals surface area contributed by atoms with Crippen molar-refractivity contribution in [1.82, 2.24) is 10.3 Å². The summed E-state index contributed by atoms with van der Waals surface area (Å²) in [5.74, 6) is 0.0606. The van der Waals surface area contributed by atoms with Gasteiger partial charge in [0.2, 0.25) is 0 Å². The van der Waals surface area contributed by atoms with Crippen molar-refractivity contribution in [3.63, 3.8) is 0 Å². The van der Waals surface area contributed by atoms with Crippen LogP contribution in [-0.4, -0.2) is 55.0 Å². The Balaban J connectivity index is 1.74. The molecule has 0 atom stereocenters. The molecule has 6 nitrogen and oxygen atoms in total. The molecule has 19 heavy (non-hydrogen) atoms. The molecule has 6 heteroatoms. The number of rotatable bonds is 4. The topological polar surface area (TPSA) is 74.2 Å². The minimum Gasteiger partial charge on any atom is -0.508 e. The molecule has 0 aliphatic carbocycles. The van der Waals surface area contributed by atoms with Crippen LogP contribution in [0.25, 0.3) is 0 Å². The first-order chi connectivity index (χ1) is 9.24. The molecule has 1 saturated heterocycles. The zero-order valence-electron chi connectivity index (χ0n) is 10.6. The van der Waals surface area contributed by atoms with Gasteiger partial charge in [0.15, 0.2) is 0 Å². The minimum absolute atomic E-state index is 0.142. The van der Waals surface area contributed by atoms with Crippen molar-refractivity contribution < 1.29 is 14.6 Å². The molecule has 1 fully saturated rings. The van der Waals surface area contributed by atoms with Crippen LogP contribution in [0.2, 0.25) is 0 Å². The molecule has 2 N–H and O–H groups in total. The molecule has 1 aliphatic heterocycles. The van der Waals surface area contributed by atoms with Crippen molar-refractivity contribution in [2.75, 3.05) is 32.8 Å².